The molecule has 0 unspecified atom stereocenters. The maximum atomic E-state index is 3.62. The normalized spacial score (nSPS) is 16.4. The van der Waals surface area contributed by atoms with Crippen molar-refractivity contribution in [3.05, 3.63) is 40.5 Å². The van der Waals surface area contributed by atoms with Crippen molar-refractivity contribution in [2.24, 2.45) is 5.92 Å². The maximum Gasteiger partial charge on any atom is 0.0173 e. The molecule has 1 fully saturated rings. The molecular weight excluding hydrogens is 218 g/mol. The zero-order chi connectivity index (χ0) is 13.1. The Labute approximate surface area is 111 Å². The molecule has 0 aliphatic heterocycles. The van der Waals surface area contributed by atoms with E-state index in [4.69, 9.17) is 0 Å². The number of benzene rings is 1. The standard InChI is InChI=1S/C17H25N/c1-12(2)16(11-18-17-7-8-17)10-15-9-13(3)5-6-14(15)4/h5-6,9-10,12,17-18H,7-8,11H2,1-4H3. The Morgan fingerprint density at radius 2 is 2.06 bits per heavy atom. The maximum absolute atomic E-state index is 3.62. The van der Waals surface area contributed by atoms with Crippen molar-refractivity contribution < 1.29 is 0 Å². The lowest BCUT2D eigenvalue weighted by Gasteiger charge is -2.14. The lowest BCUT2D eigenvalue weighted by atomic mass is 9.97. The van der Waals surface area contributed by atoms with Crippen LogP contribution in [0.25, 0.3) is 6.08 Å². The molecule has 0 amide bonds. The molecule has 0 heterocycles. The van der Waals surface area contributed by atoms with E-state index in [9.17, 15) is 0 Å². The summed E-state index contributed by atoms with van der Waals surface area (Å²) in [6.07, 6.45) is 5.09. The van der Waals surface area contributed by atoms with Gasteiger partial charge >= 0.3 is 0 Å². The van der Waals surface area contributed by atoms with Crippen LogP contribution in [0.5, 0.6) is 0 Å². The highest BCUT2D eigenvalue weighted by molar-refractivity contribution is 5.58. The Hall–Kier alpha value is -1.08. The van der Waals surface area contributed by atoms with E-state index in [2.05, 4.69) is 57.3 Å². The van der Waals surface area contributed by atoms with Crippen LogP contribution in [0.15, 0.2) is 23.8 Å². The van der Waals surface area contributed by atoms with Gasteiger partial charge in [0.05, 0.1) is 0 Å². The van der Waals surface area contributed by atoms with Gasteiger partial charge in [-0.2, -0.15) is 0 Å². The van der Waals surface area contributed by atoms with E-state index < -0.39 is 0 Å². The Morgan fingerprint density at radius 3 is 2.67 bits per heavy atom. The Bertz CT molecular complexity index is 439. The summed E-state index contributed by atoms with van der Waals surface area (Å²) in [4.78, 5) is 0. The van der Waals surface area contributed by atoms with Crippen LogP contribution in [0.1, 0.15) is 43.4 Å². The second kappa shape index (κ2) is 5.71. The van der Waals surface area contributed by atoms with Crippen molar-refractivity contribution in [1.29, 1.82) is 0 Å². The van der Waals surface area contributed by atoms with Crippen LogP contribution in [0.4, 0.5) is 0 Å². The smallest absolute Gasteiger partial charge is 0.0173 e. The van der Waals surface area contributed by atoms with Crippen molar-refractivity contribution in [3.8, 4) is 0 Å². The largest absolute Gasteiger partial charge is 0.310 e. The van der Waals surface area contributed by atoms with Crippen LogP contribution in [-0.4, -0.2) is 12.6 Å². The molecule has 0 radical (unpaired) electrons. The van der Waals surface area contributed by atoms with E-state index in [1.165, 1.54) is 35.1 Å². The van der Waals surface area contributed by atoms with Gasteiger partial charge in [0.15, 0.2) is 0 Å². The van der Waals surface area contributed by atoms with Crippen LogP contribution in [-0.2, 0) is 0 Å². The van der Waals surface area contributed by atoms with Crippen LogP contribution in [0, 0.1) is 19.8 Å². The highest BCUT2D eigenvalue weighted by Gasteiger charge is 2.20. The number of nitrogens with one attached hydrogen (secondary N) is 1. The van der Waals surface area contributed by atoms with E-state index in [0.29, 0.717) is 5.92 Å². The summed E-state index contributed by atoms with van der Waals surface area (Å²) in [5, 5.41) is 3.62. The topological polar surface area (TPSA) is 12.0 Å². The molecule has 1 N–H and O–H groups in total. The first-order valence-corrected chi connectivity index (χ1v) is 7.07. The molecule has 0 aromatic heterocycles. The van der Waals surface area contributed by atoms with Gasteiger partial charge in [-0.05, 0) is 43.7 Å². The van der Waals surface area contributed by atoms with Gasteiger partial charge in [-0.1, -0.05) is 49.3 Å². The van der Waals surface area contributed by atoms with Gasteiger partial charge in [0.25, 0.3) is 0 Å². The molecule has 1 heteroatoms. The molecule has 98 valence electrons. The third-order valence-corrected chi connectivity index (χ3v) is 3.69. The average molecular weight is 243 g/mol. The average Bonchev–Trinajstić information content (AvgIpc) is 3.12. The lowest BCUT2D eigenvalue weighted by Crippen LogP contribution is -2.21. The van der Waals surface area contributed by atoms with Gasteiger partial charge in [-0.3, -0.25) is 0 Å². The Balaban J connectivity index is 2.16. The summed E-state index contributed by atoms with van der Waals surface area (Å²) < 4.78 is 0. The van der Waals surface area contributed by atoms with E-state index >= 15 is 0 Å². The van der Waals surface area contributed by atoms with Gasteiger partial charge < -0.3 is 5.32 Å². The van der Waals surface area contributed by atoms with Crippen LogP contribution in [0.3, 0.4) is 0 Å². The summed E-state index contributed by atoms with van der Waals surface area (Å²) in [6, 6.07) is 7.47. The molecule has 2 rings (SSSR count). The van der Waals surface area contributed by atoms with Gasteiger partial charge in [-0.25, -0.2) is 0 Å². The molecule has 0 bridgehead atoms. The summed E-state index contributed by atoms with van der Waals surface area (Å²) >= 11 is 0. The Kier molecular flexibility index (Phi) is 4.23. The highest BCUT2D eigenvalue weighted by atomic mass is 14.9. The quantitative estimate of drug-likeness (QED) is 0.821. The fourth-order valence-corrected chi connectivity index (χ4v) is 2.09. The third kappa shape index (κ3) is 3.71. The number of aryl methyl sites for hydroxylation is 2. The molecular formula is C17H25N. The van der Waals surface area contributed by atoms with Crippen molar-refractivity contribution in [2.45, 2.75) is 46.6 Å². The van der Waals surface area contributed by atoms with E-state index in [0.717, 1.165) is 12.6 Å². The van der Waals surface area contributed by atoms with Crippen molar-refractivity contribution in [3.63, 3.8) is 0 Å². The van der Waals surface area contributed by atoms with Crippen molar-refractivity contribution >= 4 is 6.08 Å². The van der Waals surface area contributed by atoms with E-state index in [-0.39, 0.29) is 0 Å². The summed E-state index contributed by atoms with van der Waals surface area (Å²) in [5.74, 6) is 0.608. The minimum atomic E-state index is 0.608. The molecule has 1 aromatic rings. The molecule has 0 saturated heterocycles. The summed E-state index contributed by atoms with van der Waals surface area (Å²) in [7, 11) is 0. The van der Waals surface area contributed by atoms with Crippen LogP contribution >= 0.6 is 0 Å². The summed E-state index contributed by atoms with van der Waals surface area (Å²) in [5.41, 5.74) is 5.59. The third-order valence-electron chi connectivity index (χ3n) is 3.69. The van der Waals surface area contributed by atoms with Crippen molar-refractivity contribution in [1.82, 2.24) is 5.32 Å². The van der Waals surface area contributed by atoms with E-state index in [1.807, 2.05) is 0 Å². The van der Waals surface area contributed by atoms with Crippen LogP contribution in [0.2, 0.25) is 0 Å². The molecule has 18 heavy (non-hydrogen) atoms. The fourth-order valence-electron chi connectivity index (χ4n) is 2.09. The molecule has 1 aromatic carbocycles. The van der Waals surface area contributed by atoms with Crippen molar-refractivity contribution in [2.75, 3.05) is 6.54 Å². The van der Waals surface area contributed by atoms with E-state index in [1.54, 1.807) is 0 Å². The minimum absolute atomic E-state index is 0.608. The predicted octanol–water partition coefficient (Wildman–Crippen LogP) is 4.09. The van der Waals surface area contributed by atoms with Gasteiger partial charge in [0, 0.05) is 12.6 Å². The monoisotopic (exact) mass is 243 g/mol. The molecule has 1 saturated carbocycles. The first kappa shape index (κ1) is 13.4. The second-order valence-corrected chi connectivity index (χ2v) is 5.89. The fraction of sp³-hybridized carbons (Fsp3) is 0.529. The molecule has 1 nitrogen and oxygen atoms in total. The predicted molar refractivity (Wildman–Crippen MR) is 79.8 cm³/mol. The number of rotatable bonds is 5. The van der Waals surface area contributed by atoms with Gasteiger partial charge in [0.1, 0.15) is 0 Å². The first-order chi connectivity index (χ1) is 8.56. The second-order valence-electron chi connectivity index (χ2n) is 5.89. The zero-order valence-corrected chi connectivity index (χ0v) is 12.1. The van der Waals surface area contributed by atoms with Gasteiger partial charge in [-0.15, -0.1) is 0 Å². The summed E-state index contributed by atoms with van der Waals surface area (Å²) in [6.45, 7) is 9.96. The minimum Gasteiger partial charge on any atom is -0.310 e. The molecule has 0 spiro atoms. The highest BCUT2D eigenvalue weighted by Crippen LogP contribution is 2.22. The SMILES string of the molecule is Cc1ccc(C)c(C=C(CNC2CC2)C(C)C)c1. The Morgan fingerprint density at radius 1 is 1.33 bits per heavy atom. The number of hydrogen-bond donors (Lipinski definition) is 1. The molecule has 1 aliphatic rings. The zero-order valence-electron chi connectivity index (χ0n) is 12.1. The first-order valence-electron chi connectivity index (χ1n) is 7.07. The number of hydrogen-bond acceptors (Lipinski definition) is 1. The lowest BCUT2D eigenvalue weighted by molar-refractivity contribution is 0.662. The van der Waals surface area contributed by atoms with Gasteiger partial charge in [0.2, 0.25) is 0 Å². The van der Waals surface area contributed by atoms with Crippen LogP contribution < -0.4 is 5.32 Å². The molecule has 1 aliphatic carbocycles. The molecule has 0 atom stereocenters.